The van der Waals surface area contributed by atoms with Gasteiger partial charge in [-0.3, -0.25) is 9.69 Å². The Morgan fingerprint density at radius 1 is 1.16 bits per heavy atom. The first-order chi connectivity index (χ1) is 12.0. The quantitative estimate of drug-likeness (QED) is 0.784. The Balaban J connectivity index is 1.86. The van der Waals surface area contributed by atoms with Crippen LogP contribution in [-0.2, 0) is 16.1 Å². The van der Waals surface area contributed by atoms with Gasteiger partial charge in [-0.05, 0) is 55.9 Å². The molecule has 0 saturated heterocycles. The highest BCUT2D eigenvalue weighted by Crippen LogP contribution is 2.11. The van der Waals surface area contributed by atoms with Crippen molar-refractivity contribution in [1.29, 1.82) is 0 Å². The van der Waals surface area contributed by atoms with Gasteiger partial charge in [0.25, 0.3) is 0 Å². The van der Waals surface area contributed by atoms with E-state index in [2.05, 4.69) is 5.32 Å². The Morgan fingerprint density at radius 2 is 1.88 bits per heavy atom. The summed E-state index contributed by atoms with van der Waals surface area (Å²) in [6.07, 6.45) is 0. The third-order valence-corrected chi connectivity index (χ3v) is 3.43. The van der Waals surface area contributed by atoms with E-state index in [9.17, 15) is 14.0 Å². The standard InChI is InChI=1S/C19H21FN2O3/c1-3-25-19(24)15-7-9-17(10-8-15)21-18(23)13-22(2)12-14-5-4-6-16(20)11-14/h4-11H,3,12-13H2,1-2H3,(H,21,23). The number of nitrogens with one attached hydrogen (secondary N) is 1. The molecule has 0 fully saturated rings. The predicted molar refractivity (Wildman–Crippen MR) is 93.8 cm³/mol. The number of hydrogen-bond donors (Lipinski definition) is 1. The SMILES string of the molecule is CCOC(=O)c1ccc(NC(=O)CN(C)Cc2cccc(F)c2)cc1. The van der Waals surface area contributed by atoms with Gasteiger partial charge in [-0.1, -0.05) is 12.1 Å². The van der Waals surface area contributed by atoms with Gasteiger partial charge in [-0.2, -0.15) is 0 Å². The summed E-state index contributed by atoms with van der Waals surface area (Å²) >= 11 is 0. The minimum Gasteiger partial charge on any atom is -0.462 e. The number of esters is 1. The van der Waals surface area contributed by atoms with Crippen LogP contribution in [0.4, 0.5) is 10.1 Å². The molecule has 6 heteroatoms. The molecule has 0 aromatic heterocycles. The highest BCUT2D eigenvalue weighted by atomic mass is 19.1. The van der Waals surface area contributed by atoms with Crippen LogP contribution in [0, 0.1) is 5.82 Å². The van der Waals surface area contributed by atoms with Gasteiger partial charge >= 0.3 is 5.97 Å². The first-order valence-corrected chi connectivity index (χ1v) is 7.98. The molecule has 0 aliphatic rings. The Bertz CT molecular complexity index is 732. The van der Waals surface area contributed by atoms with Crippen LogP contribution in [0.3, 0.4) is 0 Å². The molecule has 0 bridgehead atoms. The molecule has 0 aliphatic heterocycles. The fourth-order valence-electron chi connectivity index (χ4n) is 2.35. The fourth-order valence-corrected chi connectivity index (χ4v) is 2.35. The number of rotatable bonds is 7. The maximum Gasteiger partial charge on any atom is 0.338 e. The van der Waals surface area contributed by atoms with Crippen molar-refractivity contribution in [3.8, 4) is 0 Å². The van der Waals surface area contributed by atoms with Crippen molar-refractivity contribution in [3.63, 3.8) is 0 Å². The number of anilines is 1. The lowest BCUT2D eigenvalue weighted by Crippen LogP contribution is -2.29. The average molecular weight is 344 g/mol. The maximum atomic E-state index is 13.2. The molecule has 0 radical (unpaired) electrons. The molecule has 25 heavy (non-hydrogen) atoms. The Hall–Kier alpha value is -2.73. The zero-order valence-corrected chi connectivity index (χ0v) is 14.3. The van der Waals surface area contributed by atoms with E-state index < -0.39 is 5.97 Å². The van der Waals surface area contributed by atoms with Crippen LogP contribution in [0.15, 0.2) is 48.5 Å². The first kappa shape index (κ1) is 18.6. The molecule has 5 nitrogen and oxygen atoms in total. The molecule has 0 heterocycles. The Labute approximate surface area is 146 Å². The molecule has 0 spiro atoms. The van der Waals surface area contributed by atoms with E-state index >= 15 is 0 Å². The third-order valence-electron chi connectivity index (χ3n) is 3.43. The van der Waals surface area contributed by atoms with E-state index in [-0.39, 0.29) is 18.3 Å². The van der Waals surface area contributed by atoms with Crippen molar-refractivity contribution in [2.24, 2.45) is 0 Å². The van der Waals surface area contributed by atoms with Gasteiger partial charge in [0.05, 0.1) is 18.7 Å². The number of ether oxygens (including phenoxy) is 1. The molecule has 0 unspecified atom stereocenters. The lowest BCUT2D eigenvalue weighted by Gasteiger charge is -2.16. The smallest absolute Gasteiger partial charge is 0.338 e. The maximum absolute atomic E-state index is 13.2. The van der Waals surface area contributed by atoms with E-state index in [0.717, 1.165) is 5.56 Å². The predicted octanol–water partition coefficient (Wildman–Crippen LogP) is 3.07. The first-order valence-electron chi connectivity index (χ1n) is 7.98. The van der Waals surface area contributed by atoms with Crippen LogP contribution in [0.25, 0.3) is 0 Å². The summed E-state index contributed by atoms with van der Waals surface area (Å²) in [6.45, 7) is 2.69. The van der Waals surface area contributed by atoms with Gasteiger partial charge in [0.15, 0.2) is 0 Å². The molecule has 2 aromatic rings. The number of amides is 1. The van der Waals surface area contributed by atoms with Crippen molar-refractivity contribution >= 4 is 17.6 Å². The van der Waals surface area contributed by atoms with E-state index in [1.54, 1.807) is 49.2 Å². The number of nitrogens with zero attached hydrogens (tertiary/aromatic N) is 1. The second kappa shape index (κ2) is 8.94. The van der Waals surface area contributed by atoms with Gasteiger partial charge in [0, 0.05) is 12.2 Å². The molecule has 132 valence electrons. The second-order valence-corrected chi connectivity index (χ2v) is 5.65. The van der Waals surface area contributed by atoms with Crippen molar-refractivity contribution in [3.05, 3.63) is 65.5 Å². The van der Waals surface area contributed by atoms with Gasteiger partial charge in [0.2, 0.25) is 5.91 Å². The number of halogens is 1. The summed E-state index contributed by atoms with van der Waals surface area (Å²) in [7, 11) is 1.79. The summed E-state index contributed by atoms with van der Waals surface area (Å²) in [5.41, 5.74) is 1.83. The number of benzene rings is 2. The number of carbonyl (C=O) groups excluding carboxylic acids is 2. The largest absolute Gasteiger partial charge is 0.462 e. The highest BCUT2D eigenvalue weighted by Gasteiger charge is 2.10. The molecule has 0 aliphatic carbocycles. The number of carbonyl (C=O) groups is 2. The minimum absolute atomic E-state index is 0.163. The zero-order chi connectivity index (χ0) is 18.2. The van der Waals surface area contributed by atoms with Crippen LogP contribution in [0.2, 0.25) is 0 Å². The molecule has 1 amide bonds. The summed E-state index contributed by atoms with van der Waals surface area (Å²) in [5.74, 6) is -0.880. The van der Waals surface area contributed by atoms with Crippen molar-refractivity contribution in [2.75, 3.05) is 25.5 Å². The molecule has 0 saturated carbocycles. The topological polar surface area (TPSA) is 58.6 Å². The molecule has 1 N–H and O–H groups in total. The number of hydrogen-bond acceptors (Lipinski definition) is 4. The zero-order valence-electron chi connectivity index (χ0n) is 14.3. The van der Waals surface area contributed by atoms with Crippen LogP contribution in [0.1, 0.15) is 22.8 Å². The van der Waals surface area contributed by atoms with Gasteiger partial charge in [0.1, 0.15) is 5.82 Å². The summed E-state index contributed by atoms with van der Waals surface area (Å²) < 4.78 is 18.1. The van der Waals surface area contributed by atoms with E-state index in [4.69, 9.17) is 4.74 Å². The molecule has 2 rings (SSSR count). The highest BCUT2D eigenvalue weighted by molar-refractivity contribution is 5.94. The summed E-state index contributed by atoms with van der Waals surface area (Å²) in [4.78, 5) is 25.4. The Morgan fingerprint density at radius 3 is 2.52 bits per heavy atom. The molecular formula is C19H21FN2O3. The second-order valence-electron chi connectivity index (χ2n) is 5.65. The van der Waals surface area contributed by atoms with Crippen molar-refractivity contribution in [1.82, 2.24) is 4.90 Å². The molecule has 2 aromatic carbocycles. The summed E-state index contributed by atoms with van der Waals surface area (Å²) in [6, 6.07) is 12.8. The van der Waals surface area contributed by atoms with E-state index in [0.29, 0.717) is 24.4 Å². The average Bonchev–Trinajstić information content (AvgIpc) is 2.55. The van der Waals surface area contributed by atoms with Crippen LogP contribution in [-0.4, -0.2) is 37.0 Å². The van der Waals surface area contributed by atoms with Crippen molar-refractivity contribution in [2.45, 2.75) is 13.5 Å². The normalized spacial score (nSPS) is 10.6. The summed E-state index contributed by atoms with van der Waals surface area (Å²) in [5, 5.41) is 2.76. The van der Waals surface area contributed by atoms with Crippen LogP contribution < -0.4 is 5.32 Å². The van der Waals surface area contributed by atoms with Crippen LogP contribution in [0.5, 0.6) is 0 Å². The number of likely N-dealkylation sites (N-methyl/N-ethyl adjacent to an activating group) is 1. The lowest BCUT2D eigenvalue weighted by atomic mass is 10.2. The molecule has 0 atom stereocenters. The Kier molecular flexibility index (Phi) is 6.65. The fraction of sp³-hybridized carbons (Fsp3) is 0.263. The van der Waals surface area contributed by atoms with Gasteiger partial charge in [-0.25, -0.2) is 9.18 Å². The third kappa shape index (κ3) is 6.00. The monoisotopic (exact) mass is 344 g/mol. The van der Waals surface area contributed by atoms with Crippen molar-refractivity contribution < 1.29 is 18.7 Å². The van der Waals surface area contributed by atoms with Gasteiger partial charge < -0.3 is 10.1 Å². The molecular weight excluding hydrogens is 323 g/mol. The van der Waals surface area contributed by atoms with Gasteiger partial charge in [-0.15, -0.1) is 0 Å². The van der Waals surface area contributed by atoms with E-state index in [1.807, 2.05) is 6.07 Å². The lowest BCUT2D eigenvalue weighted by molar-refractivity contribution is -0.117. The van der Waals surface area contributed by atoms with Crippen LogP contribution >= 0.6 is 0 Å². The minimum atomic E-state index is -0.393. The van der Waals surface area contributed by atoms with E-state index in [1.165, 1.54) is 12.1 Å².